The van der Waals surface area contributed by atoms with Gasteiger partial charge < -0.3 is 10.2 Å². The molecule has 4 nitrogen and oxygen atoms in total. The van der Waals surface area contributed by atoms with Crippen molar-refractivity contribution in [3.05, 3.63) is 45.4 Å². The predicted molar refractivity (Wildman–Crippen MR) is 83.6 cm³/mol. The molecule has 1 atom stereocenters. The number of rotatable bonds is 4. The van der Waals surface area contributed by atoms with E-state index in [4.69, 9.17) is 11.6 Å². The Labute approximate surface area is 127 Å². The Morgan fingerprint density at radius 2 is 2.20 bits per heavy atom. The number of thiazole rings is 1. The Bertz CT molecular complexity index is 598. The Morgan fingerprint density at radius 3 is 2.80 bits per heavy atom. The summed E-state index contributed by atoms with van der Waals surface area (Å²) in [5.74, 6) is -0.0605. The lowest BCUT2D eigenvalue weighted by Crippen LogP contribution is -2.23. The molecule has 0 spiro atoms. The molecular weight excluding hydrogens is 294 g/mol. The van der Waals surface area contributed by atoms with Gasteiger partial charge in [-0.05, 0) is 25.1 Å². The molecule has 2 aromatic rings. The largest absolute Gasteiger partial charge is 0.376 e. The third kappa shape index (κ3) is 3.29. The van der Waals surface area contributed by atoms with Crippen molar-refractivity contribution in [3.63, 3.8) is 0 Å². The number of carbonyl (C=O) groups excluding carboxylic acids is 1. The minimum Gasteiger partial charge on any atom is -0.376 e. The fourth-order valence-corrected chi connectivity index (χ4v) is 2.63. The van der Waals surface area contributed by atoms with Gasteiger partial charge in [0.25, 0.3) is 5.91 Å². The van der Waals surface area contributed by atoms with Gasteiger partial charge in [0.15, 0.2) is 0 Å². The maximum Gasteiger partial charge on any atom is 0.255 e. The number of hydrogen-bond donors (Lipinski definition) is 1. The average Bonchev–Trinajstić information content (AvgIpc) is 2.92. The van der Waals surface area contributed by atoms with Crippen LogP contribution in [0.5, 0.6) is 0 Å². The SMILES string of the molecule is CC(Nc1cc(Cl)ccc1C(=O)N(C)C)c1cscn1. The lowest BCUT2D eigenvalue weighted by Gasteiger charge is -2.18. The molecule has 0 bridgehead atoms. The van der Waals surface area contributed by atoms with E-state index in [1.54, 1.807) is 54.0 Å². The van der Waals surface area contributed by atoms with Crippen LogP contribution in [0, 0.1) is 0 Å². The van der Waals surface area contributed by atoms with Crippen molar-refractivity contribution in [3.8, 4) is 0 Å². The van der Waals surface area contributed by atoms with E-state index in [0.29, 0.717) is 10.6 Å². The van der Waals surface area contributed by atoms with Crippen molar-refractivity contribution in [1.82, 2.24) is 9.88 Å². The number of anilines is 1. The molecule has 0 aliphatic rings. The molecule has 0 saturated carbocycles. The van der Waals surface area contributed by atoms with Gasteiger partial charge in [0.2, 0.25) is 0 Å². The van der Waals surface area contributed by atoms with Gasteiger partial charge >= 0.3 is 0 Å². The van der Waals surface area contributed by atoms with E-state index < -0.39 is 0 Å². The van der Waals surface area contributed by atoms with Crippen molar-refractivity contribution in [2.45, 2.75) is 13.0 Å². The van der Waals surface area contributed by atoms with Gasteiger partial charge in [0.05, 0.1) is 22.8 Å². The van der Waals surface area contributed by atoms with E-state index in [2.05, 4.69) is 10.3 Å². The minimum absolute atomic E-state index is 0.00780. The van der Waals surface area contributed by atoms with E-state index in [-0.39, 0.29) is 11.9 Å². The summed E-state index contributed by atoms with van der Waals surface area (Å²) in [4.78, 5) is 18.0. The second kappa shape index (κ2) is 6.24. The number of aromatic nitrogens is 1. The summed E-state index contributed by atoms with van der Waals surface area (Å²) in [6.07, 6.45) is 0. The summed E-state index contributed by atoms with van der Waals surface area (Å²) < 4.78 is 0. The van der Waals surface area contributed by atoms with E-state index in [1.807, 2.05) is 12.3 Å². The highest BCUT2D eigenvalue weighted by Crippen LogP contribution is 2.26. The molecule has 1 aromatic carbocycles. The molecule has 0 radical (unpaired) electrons. The number of nitrogens with zero attached hydrogens (tertiary/aromatic N) is 2. The highest BCUT2D eigenvalue weighted by atomic mass is 35.5. The Morgan fingerprint density at radius 1 is 1.45 bits per heavy atom. The molecular formula is C14H16ClN3OS. The first-order chi connectivity index (χ1) is 9.49. The fourth-order valence-electron chi connectivity index (χ4n) is 1.81. The second-order valence-corrected chi connectivity index (χ2v) is 5.82. The van der Waals surface area contributed by atoms with Gasteiger partial charge in [-0.15, -0.1) is 11.3 Å². The van der Waals surface area contributed by atoms with Crippen LogP contribution in [-0.4, -0.2) is 29.9 Å². The van der Waals surface area contributed by atoms with Crippen LogP contribution in [0.1, 0.15) is 29.0 Å². The number of carbonyl (C=O) groups is 1. The Kier molecular flexibility index (Phi) is 4.62. The quantitative estimate of drug-likeness (QED) is 0.937. The van der Waals surface area contributed by atoms with E-state index >= 15 is 0 Å². The Balaban J connectivity index is 2.30. The predicted octanol–water partition coefficient (Wildman–Crippen LogP) is 3.67. The zero-order chi connectivity index (χ0) is 14.7. The van der Waals surface area contributed by atoms with Crippen LogP contribution in [0.25, 0.3) is 0 Å². The van der Waals surface area contributed by atoms with Crippen molar-refractivity contribution in [1.29, 1.82) is 0 Å². The zero-order valence-corrected chi connectivity index (χ0v) is 13.1. The molecule has 1 aromatic heterocycles. The van der Waals surface area contributed by atoms with Crippen molar-refractivity contribution in [2.24, 2.45) is 0 Å². The maximum absolute atomic E-state index is 12.2. The van der Waals surface area contributed by atoms with E-state index in [0.717, 1.165) is 11.4 Å². The molecule has 20 heavy (non-hydrogen) atoms. The molecule has 2 rings (SSSR count). The molecule has 0 saturated heterocycles. The smallest absolute Gasteiger partial charge is 0.255 e. The van der Waals surface area contributed by atoms with Gasteiger partial charge in [-0.3, -0.25) is 4.79 Å². The van der Waals surface area contributed by atoms with Crippen LogP contribution in [0.2, 0.25) is 5.02 Å². The highest BCUT2D eigenvalue weighted by molar-refractivity contribution is 7.07. The lowest BCUT2D eigenvalue weighted by atomic mass is 10.1. The zero-order valence-electron chi connectivity index (χ0n) is 11.6. The monoisotopic (exact) mass is 309 g/mol. The molecule has 0 aliphatic carbocycles. The first-order valence-electron chi connectivity index (χ1n) is 6.15. The van der Waals surface area contributed by atoms with Crippen molar-refractivity contribution in [2.75, 3.05) is 19.4 Å². The second-order valence-electron chi connectivity index (χ2n) is 4.67. The van der Waals surface area contributed by atoms with Gasteiger partial charge in [-0.2, -0.15) is 0 Å². The molecule has 1 heterocycles. The topological polar surface area (TPSA) is 45.2 Å². The van der Waals surface area contributed by atoms with Gasteiger partial charge in [-0.25, -0.2) is 4.98 Å². The van der Waals surface area contributed by atoms with Crippen LogP contribution in [0.15, 0.2) is 29.1 Å². The van der Waals surface area contributed by atoms with Gasteiger partial charge in [0.1, 0.15) is 0 Å². The first kappa shape index (κ1) is 14.8. The maximum atomic E-state index is 12.2. The fraction of sp³-hybridized carbons (Fsp3) is 0.286. The highest BCUT2D eigenvalue weighted by Gasteiger charge is 2.16. The normalized spacial score (nSPS) is 12.0. The van der Waals surface area contributed by atoms with Gasteiger partial charge in [0, 0.05) is 30.2 Å². The molecule has 6 heteroatoms. The molecule has 1 N–H and O–H groups in total. The molecule has 0 aliphatic heterocycles. The van der Waals surface area contributed by atoms with Crippen LogP contribution >= 0.6 is 22.9 Å². The summed E-state index contributed by atoms with van der Waals surface area (Å²) >= 11 is 7.58. The summed E-state index contributed by atoms with van der Waals surface area (Å²) in [7, 11) is 3.45. The first-order valence-corrected chi connectivity index (χ1v) is 7.47. The Hall–Kier alpha value is -1.59. The number of amides is 1. The molecule has 0 fully saturated rings. The number of benzene rings is 1. The minimum atomic E-state index is -0.0605. The standard InChI is InChI=1S/C14H16ClN3OS/c1-9(13-7-20-8-16-13)17-12-6-10(15)4-5-11(12)14(19)18(2)3/h4-9,17H,1-3H3. The van der Waals surface area contributed by atoms with Crippen LogP contribution < -0.4 is 5.32 Å². The number of hydrogen-bond acceptors (Lipinski definition) is 4. The summed E-state index contributed by atoms with van der Waals surface area (Å²) in [6.45, 7) is 2.00. The lowest BCUT2D eigenvalue weighted by molar-refractivity contribution is 0.0828. The van der Waals surface area contributed by atoms with E-state index in [1.165, 1.54) is 0 Å². The molecule has 1 unspecified atom stereocenters. The molecule has 106 valence electrons. The van der Waals surface area contributed by atoms with E-state index in [9.17, 15) is 4.79 Å². The summed E-state index contributed by atoms with van der Waals surface area (Å²) in [5.41, 5.74) is 4.05. The average molecular weight is 310 g/mol. The third-order valence-corrected chi connectivity index (χ3v) is 3.73. The number of halogens is 1. The van der Waals surface area contributed by atoms with Crippen molar-refractivity contribution < 1.29 is 4.79 Å². The van der Waals surface area contributed by atoms with Crippen molar-refractivity contribution >= 4 is 34.5 Å². The van der Waals surface area contributed by atoms with Crippen LogP contribution in [0.3, 0.4) is 0 Å². The van der Waals surface area contributed by atoms with Gasteiger partial charge in [-0.1, -0.05) is 11.6 Å². The summed E-state index contributed by atoms with van der Waals surface area (Å²) in [5, 5.41) is 5.87. The molecule has 1 amide bonds. The number of nitrogens with one attached hydrogen (secondary N) is 1. The third-order valence-electron chi connectivity index (χ3n) is 2.89. The van der Waals surface area contributed by atoms with Crippen LogP contribution in [-0.2, 0) is 0 Å². The van der Waals surface area contributed by atoms with Crippen LogP contribution in [0.4, 0.5) is 5.69 Å². The summed E-state index contributed by atoms with van der Waals surface area (Å²) in [6, 6.07) is 5.23.